The molecule has 3 amide bonds. The fourth-order valence-electron chi connectivity index (χ4n) is 1.94. The molecular formula is C13H14N2O3S. The van der Waals surface area contributed by atoms with Crippen molar-refractivity contribution in [3.63, 3.8) is 0 Å². The molecule has 6 heteroatoms. The molecule has 0 radical (unpaired) electrons. The highest BCUT2D eigenvalue weighted by molar-refractivity contribution is 7.98. The summed E-state index contributed by atoms with van der Waals surface area (Å²) < 4.78 is 0. The number of benzene rings is 1. The van der Waals surface area contributed by atoms with Gasteiger partial charge in [0.05, 0.1) is 12.8 Å². The van der Waals surface area contributed by atoms with Gasteiger partial charge in [-0.05, 0) is 17.9 Å². The minimum Gasteiger partial charge on any atom is -0.343 e. The predicted molar refractivity (Wildman–Crippen MR) is 71.6 cm³/mol. The third kappa shape index (κ3) is 3.35. The Labute approximate surface area is 115 Å². The van der Waals surface area contributed by atoms with Crippen molar-refractivity contribution in [3.05, 3.63) is 29.8 Å². The number of nitrogens with one attached hydrogen (secondary N) is 2. The first-order valence-corrected chi connectivity index (χ1v) is 7.07. The normalized spacial score (nSPS) is 18.3. The molecule has 100 valence electrons. The number of hydrogen-bond acceptors (Lipinski definition) is 4. The zero-order chi connectivity index (χ0) is 13.8. The third-order valence-electron chi connectivity index (χ3n) is 2.85. The van der Waals surface area contributed by atoms with Crippen LogP contribution in [0.5, 0.6) is 0 Å². The lowest BCUT2D eigenvalue weighted by Gasteiger charge is -2.10. The van der Waals surface area contributed by atoms with Crippen molar-refractivity contribution in [3.8, 4) is 0 Å². The summed E-state index contributed by atoms with van der Waals surface area (Å²) in [7, 11) is 0. The van der Waals surface area contributed by atoms with Crippen molar-refractivity contribution >= 4 is 29.5 Å². The molecule has 1 saturated heterocycles. The Hall–Kier alpha value is -1.82. The van der Waals surface area contributed by atoms with Crippen molar-refractivity contribution < 1.29 is 14.4 Å². The van der Waals surface area contributed by atoms with Crippen LogP contribution in [0.3, 0.4) is 0 Å². The van der Waals surface area contributed by atoms with Crippen LogP contribution in [0.15, 0.2) is 29.2 Å². The van der Waals surface area contributed by atoms with Crippen LogP contribution in [0.25, 0.3) is 0 Å². The maximum absolute atomic E-state index is 11.9. The van der Waals surface area contributed by atoms with E-state index < -0.39 is 11.9 Å². The number of thioether (sulfide) groups is 1. The van der Waals surface area contributed by atoms with E-state index in [1.807, 2.05) is 30.5 Å². The second-order valence-electron chi connectivity index (χ2n) is 4.23. The SMILES string of the molecule is CSc1ccccc1CC(=O)NC1CC(=O)NC1=O. The summed E-state index contributed by atoms with van der Waals surface area (Å²) in [5.74, 6) is -1.03. The topological polar surface area (TPSA) is 75.3 Å². The van der Waals surface area contributed by atoms with Crippen molar-refractivity contribution in [2.75, 3.05) is 6.26 Å². The Morgan fingerprint density at radius 3 is 2.79 bits per heavy atom. The second-order valence-corrected chi connectivity index (χ2v) is 5.07. The predicted octanol–water partition coefficient (Wildman–Crippen LogP) is 0.482. The Balaban J connectivity index is 1.98. The van der Waals surface area contributed by atoms with Crippen LogP contribution in [0.1, 0.15) is 12.0 Å². The van der Waals surface area contributed by atoms with Crippen LogP contribution in [-0.2, 0) is 20.8 Å². The molecule has 1 atom stereocenters. The van der Waals surface area contributed by atoms with Crippen molar-refractivity contribution in [1.29, 1.82) is 0 Å². The first-order valence-electron chi connectivity index (χ1n) is 5.85. The van der Waals surface area contributed by atoms with Gasteiger partial charge >= 0.3 is 0 Å². The van der Waals surface area contributed by atoms with Crippen molar-refractivity contribution in [2.45, 2.75) is 23.8 Å². The van der Waals surface area contributed by atoms with Gasteiger partial charge in [0.25, 0.3) is 0 Å². The van der Waals surface area contributed by atoms with Crippen LogP contribution < -0.4 is 10.6 Å². The van der Waals surface area contributed by atoms with E-state index in [1.165, 1.54) is 0 Å². The summed E-state index contributed by atoms with van der Waals surface area (Å²) >= 11 is 1.57. The van der Waals surface area contributed by atoms with Crippen LogP contribution in [-0.4, -0.2) is 30.0 Å². The molecule has 0 saturated carbocycles. The van der Waals surface area contributed by atoms with Gasteiger partial charge in [-0.15, -0.1) is 11.8 Å². The van der Waals surface area contributed by atoms with Crippen molar-refractivity contribution in [2.24, 2.45) is 0 Å². The lowest BCUT2D eigenvalue weighted by atomic mass is 10.1. The molecule has 1 aliphatic rings. The second kappa shape index (κ2) is 5.88. The number of imide groups is 1. The summed E-state index contributed by atoms with van der Waals surface area (Å²) in [5.41, 5.74) is 0.914. The maximum atomic E-state index is 11.9. The highest BCUT2D eigenvalue weighted by Crippen LogP contribution is 2.20. The van der Waals surface area contributed by atoms with E-state index in [0.29, 0.717) is 0 Å². The number of amides is 3. The molecule has 1 aromatic carbocycles. The third-order valence-corrected chi connectivity index (χ3v) is 3.69. The molecule has 0 spiro atoms. The Bertz CT molecular complexity index is 530. The average Bonchev–Trinajstić information content (AvgIpc) is 2.68. The maximum Gasteiger partial charge on any atom is 0.249 e. The lowest BCUT2D eigenvalue weighted by molar-refractivity contribution is -0.128. The number of carbonyl (C=O) groups excluding carboxylic acids is 3. The van der Waals surface area contributed by atoms with E-state index >= 15 is 0 Å². The molecule has 5 nitrogen and oxygen atoms in total. The van der Waals surface area contributed by atoms with Gasteiger partial charge in [-0.3, -0.25) is 19.7 Å². The summed E-state index contributed by atoms with van der Waals surface area (Å²) in [4.78, 5) is 35.3. The summed E-state index contributed by atoms with van der Waals surface area (Å²) in [5, 5.41) is 4.74. The lowest BCUT2D eigenvalue weighted by Crippen LogP contribution is -2.40. The van der Waals surface area contributed by atoms with E-state index in [1.54, 1.807) is 11.8 Å². The van der Waals surface area contributed by atoms with Crippen LogP contribution in [0.4, 0.5) is 0 Å². The van der Waals surface area contributed by atoms with Crippen LogP contribution in [0.2, 0.25) is 0 Å². The molecule has 2 rings (SSSR count). The first kappa shape index (κ1) is 13.6. The molecule has 19 heavy (non-hydrogen) atoms. The molecule has 1 fully saturated rings. The number of hydrogen-bond donors (Lipinski definition) is 2. The fourth-order valence-corrected chi connectivity index (χ4v) is 2.55. The molecule has 0 aliphatic carbocycles. The number of carbonyl (C=O) groups is 3. The Morgan fingerprint density at radius 2 is 2.16 bits per heavy atom. The monoisotopic (exact) mass is 278 g/mol. The smallest absolute Gasteiger partial charge is 0.249 e. The molecule has 1 aliphatic heterocycles. The largest absolute Gasteiger partial charge is 0.343 e. The van der Waals surface area contributed by atoms with Crippen LogP contribution in [0, 0.1) is 0 Å². The zero-order valence-electron chi connectivity index (χ0n) is 10.4. The summed E-state index contributed by atoms with van der Waals surface area (Å²) in [6.45, 7) is 0. The van der Waals surface area contributed by atoms with E-state index in [9.17, 15) is 14.4 Å². The van der Waals surface area contributed by atoms with Gasteiger partial charge in [-0.25, -0.2) is 0 Å². The van der Waals surface area contributed by atoms with E-state index in [4.69, 9.17) is 0 Å². The highest BCUT2D eigenvalue weighted by atomic mass is 32.2. The van der Waals surface area contributed by atoms with Gasteiger partial charge < -0.3 is 5.32 Å². The van der Waals surface area contributed by atoms with Gasteiger partial charge in [-0.1, -0.05) is 18.2 Å². The van der Waals surface area contributed by atoms with Gasteiger partial charge in [0.15, 0.2) is 0 Å². The first-order chi connectivity index (χ1) is 9.10. The standard InChI is InChI=1S/C13H14N2O3S/c1-19-10-5-3-2-4-8(10)6-11(16)14-9-7-12(17)15-13(9)18/h2-5,9H,6-7H2,1H3,(H,14,16)(H,15,17,18). The minimum atomic E-state index is -0.735. The molecule has 1 unspecified atom stereocenters. The van der Waals surface area contributed by atoms with Gasteiger partial charge in [0.1, 0.15) is 6.04 Å². The fraction of sp³-hybridized carbons (Fsp3) is 0.308. The molecule has 1 heterocycles. The highest BCUT2D eigenvalue weighted by Gasteiger charge is 2.31. The average molecular weight is 278 g/mol. The van der Waals surface area contributed by atoms with Gasteiger partial charge in [0, 0.05) is 4.90 Å². The molecule has 0 bridgehead atoms. The summed E-state index contributed by atoms with van der Waals surface area (Å²) in [6.07, 6.45) is 2.17. The van der Waals surface area contributed by atoms with Crippen molar-refractivity contribution in [1.82, 2.24) is 10.6 Å². The van der Waals surface area contributed by atoms with Crippen LogP contribution >= 0.6 is 11.8 Å². The Kier molecular flexibility index (Phi) is 4.21. The molecule has 1 aromatic rings. The van der Waals surface area contributed by atoms with Gasteiger partial charge in [0.2, 0.25) is 17.7 Å². The zero-order valence-corrected chi connectivity index (χ0v) is 11.3. The quantitative estimate of drug-likeness (QED) is 0.620. The number of rotatable bonds is 4. The van der Waals surface area contributed by atoms with E-state index in [-0.39, 0.29) is 24.7 Å². The molecular weight excluding hydrogens is 264 g/mol. The summed E-state index contributed by atoms with van der Waals surface area (Å²) in [6, 6.07) is 6.87. The van der Waals surface area contributed by atoms with E-state index in [2.05, 4.69) is 10.6 Å². The van der Waals surface area contributed by atoms with E-state index in [0.717, 1.165) is 10.5 Å². The molecule has 0 aromatic heterocycles. The minimum absolute atomic E-state index is 0.0226. The van der Waals surface area contributed by atoms with Gasteiger partial charge in [-0.2, -0.15) is 0 Å². The Morgan fingerprint density at radius 1 is 1.42 bits per heavy atom. The molecule has 2 N–H and O–H groups in total.